The van der Waals surface area contributed by atoms with Gasteiger partial charge < -0.3 is 14.6 Å². The quantitative estimate of drug-likeness (QED) is 0.760. The van der Waals surface area contributed by atoms with Crippen molar-refractivity contribution in [1.82, 2.24) is 14.9 Å². The van der Waals surface area contributed by atoms with Crippen LogP contribution in [0.3, 0.4) is 0 Å². The number of nitrogens with zero attached hydrogens (tertiary/aromatic N) is 2. The van der Waals surface area contributed by atoms with Gasteiger partial charge in [-0.1, -0.05) is 19.1 Å². The largest absolute Gasteiger partial charge is 0.484 e. The molecule has 0 aliphatic rings. The molecule has 2 aromatic rings. The Morgan fingerprint density at radius 1 is 1.33 bits per heavy atom. The molecule has 0 fully saturated rings. The third-order valence-electron chi connectivity index (χ3n) is 3.29. The minimum absolute atomic E-state index is 0.315. The second-order valence-electron chi connectivity index (χ2n) is 4.86. The summed E-state index contributed by atoms with van der Waals surface area (Å²) in [5, 5.41) is 3.27. The third kappa shape index (κ3) is 4.04. The van der Waals surface area contributed by atoms with Gasteiger partial charge in [0, 0.05) is 18.7 Å². The van der Waals surface area contributed by atoms with Crippen LogP contribution in [-0.4, -0.2) is 16.1 Å². The molecule has 0 radical (unpaired) electrons. The average molecular weight is 291 g/mol. The Balaban J connectivity index is 2.07. The number of imidazole rings is 1. The van der Waals surface area contributed by atoms with Gasteiger partial charge in [0.05, 0.1) is 18.2 Å². The topological polar surface area (TPSA) is 39.1 Å². The molecule has 5 heteroatoms. The lowest BCUT2D eigenvalue weighted by molar-refractivity contribution is 0.277. The summed E-state index contributed by atoms with van der Waals surface area (Å²) in [5.74, 6) is -0.00156. The fourth-order valence-corrected chi connectivity index (χ4v) is 2.15. The molecule has 0 amide bonds. The summed E-state index contributed by atoms with van der Waals surface area (Å²) < 4.78 is 21.7. The highest BCUT2D eigenvalue weighted by atomic mass is 19.1. The summed E-state index contributed by atoms with van der Waals surface area (Å²) in [5.41, 5.74) is 1.78. The van der Waals surface area contributed by atoms with Gasteiger partial charge in [0.2, 0.25) is 0 Å². The zero-order valence-corrected chi connectivity index (χ0v) is 12.6. The van der Waals surface area contributed by atoms with Crippen molar-refractivity contribution < 1.29 is 9.13 Å². The number of benzene rings is 1. The molecule has 114 valence electrons. The Morgan fingerprint density at radius 3 is 2.95 bits per heavy atom. The second-order valence-corrected chi connectivity index (χ2v) is 4.86. The van der Waals surface area contributed by atoms with Gasteiger partial charge in [-0.05, 0) is 26.0 Å². The first-order valence-electron chi connectivity index (χ1n) is 7.36. The molecule has 1 N–H and O–H groups in total. The molecule has 0 aliphatic carbocycles. The van der Waals surface area contributed by atoms with Gasteiger partial charge in [0.25, 0.3) is 0 Å². The standard InChI is InChI=1S/C16H22FN3O/c1-3-8-18-9-13-6-5-7-15(17)16(13)21-11-14-10-19-12-20(14)4-2/h5-7,10,12,18H,3-4,8-9,11H2,1-2H3. The van der Waals surface area contributed by atoms with E-state index in [4.69, 9.17) is 4.74 Å². The monoisotopic (exact) mass is 291 g/mol. The van der Waals surface area contributed by atoms with E-state index in [1.807, 2.05) is 17.6 Å². The Labute approximate surface area is 125 Å². The maximum atomic E-state index is 14.0. The highest BCUT2D eigenvalue weighted by Gasteiger charge is 2.11. The zero-order chi connectivity index (χ0) is 15.1. The minimum Gasteiger partial charge on any atom is -0.484 e. The number of para-hydroxylation sites is 1. The Morgan fingerprint density at radius 2 is 2.19 bits per heavy atom. The Bertz CT molecular complexity index is 568. The molecular weight excluding hydrogens is 269 g/mol. The molecule has 1 aromatic carbocycles. The molecule has 0 saturated heterocycles. The first-order valence-corrected chi connectivity index (χ1v) is 7.36. The highest BCUT2D eigenvalue weighted by molar-refractivity contribution is 5.35. The number of aromatic nitrogens is 2. The van der Waals surface area contributed by atoms with Crippen LogP contribution in [0, 0.1) is 5.82 Å². The van der Waals surface area contributed by atoms with Crippen molar-refractivity contribution in [3.63, 3.8) is 0 Å². The molecule has 0 bridgehead atoms. The SMILES string of the molecule is CCCNCc1cccc(F)c1OCc1cncn1CC. The summed E-state index contributed by atoms with van der Waals surface area (Å²) in [4.78, 5) is 4.09. The number of nitrogens with one attached hydrogen (secondary N) is 1. The van der Waals surface area contributed by atoms with E-state index in [0.717, 1.165) is 30.8 Å². The molecular formula is C16H22FN3O. The molecule has 4 nitrogen and oxygen atoms in total. The molecule has 21 heavy (non-hydrogen) atoms. The zero-order valence-electron chi connectivity index (χ0n) is 12.6. The van der Waals surface area contributed by atoms with Crippen molar-refractivity contribution in [3.8, 4) is 5.75 Å². The predicted octanol–water partition coefficient (Wildman–Crippen LogP) is 3.12. The Hall–Kier alpha value is -1.88. The molecule has 1 aromatic heterocycles. The minimum atomic E-state index is -0.326. The van der Waals surface area contributed by atoms with E-state index < -0.39 is 0 Å². The lowest BCUT2D eigenvalue weighted by Gasteiger charge is -2.13. The maximum absolute atomic E-state index is 14.0. The first kappa shape index (κ1) is 15.5. The third-order valence-corrected chi connectivity index (χ3v) is 3.29. The van der Waals surface area contributed by atoms with Crippen LogP contribution in [0.2, 0.25) is 0 Å². The van der Waals surface area contributed by atoms with E-state index in [-0.39, 0.29) is 5.82 Å². The fourth-order valence-electron chi connectivity index (χ4n) is 2.15. The van der Waals surface area contributed by atoms with Crippen LogP contribution in [0.25, 0.3) is 0 Å². The van der Waals surface area contributed by atoms with Crippen LogP contribution in [-0.2, 0) is 19.7 Å². The van der Waals surface area contributed by atoms with Gasteiger partial charge in [-0.15, -0.1) is 0 Å². The van der Waals surface area contributed by atoms with Gasteiger partial charge in [-0.2, -0.15) is 0 Å². The molecule has 1 heterocycles. The Kier molecular flexibility index (Phi) is 5.75. The van der Waals surface area contributed by atoms with E-state index >= 15 is 0 Å². The van der Waals surface area contributed by atoms with Gasteiger partial charge in [-0.3, -0.25) is 0 Å². The van der Waals surface area contributed by atoms with Crippen LogP contribution >= 0.6 is 0 Å². The van der Waals surface area contributed by atoms with Crippen molar-refractivity contribution in [3.05, 3.63) is 47.8 Å². The van der Waals surface area contributed by atoms with Crippen LogP contribution in [0.1, 0.15) is 31.5 Å². The summed E-state index contributed by atoms with van der Waals surface area (Å²) in [6.07, 6.45) is 4.55. The number of hydrogen-bond donors (Lipinski definition) is 1. The summed E-state index contributed by atoms with van der Waals surface area (Å²) >= 11 is 0. The van der Waals surface area contributed by atoms with Crippen molar-refractivity contribution in [2.45, 2.75) is 40.0 Å². The number of hydrogen-bond acceptors (Lipinski definition) is 3. The number of aryl methyl sites for hydroxylation is 1. The number of ether oxygens (including phenoxy) is 1. The van der Waals surface area contributed by atoms with Crippen molar-refractivity contribution in [1.29, 1.82) is 0 Å². The lowest BCUT2D eigenvalue weighted by Crippen LogP contribution is -2.15. The second kappa shape index (κ2) is 7.78. The van der Waals surface area contributed by atoms with Crippen LogP contribution in [0.15, 0.2) is 30.7 Å². The van der Waals surface area contributed by atoms with Crippen molar-refractivity contribution in [2.75, 3.05) is 6.54 Å². The number of halogens is 1. The summed E-state index contributed by atoms with van der Waals surface area (Å²) in [6, 6.07) is 5.02. The van der Waals surface area contributed by atoms with Gasteiger partial charge in [0.15, 0.2) is 11.6 Å². The lowest BCUT2D eigenvalue weighted by atomic mass is 10.2. The van der Waals surface area contributed by atoms with Crippen LogP contribution in [0.4, 0.5) is 4.39 Å². The van der Waals surface area contributed by atoms with Gasteiger partial charge in [-0.25, -0.2) is 9.37 Å². The smallest absolute Gasteiger partial charge is 0.165 e. The average Bonchev–Trinajstić information content (AvgIpc) is 2.94. The first-order chi connectivity index (χ1) is 10.3. The van der Waals surface area contributed by atoms with Gasteiger partial charge in [0.1, 0.15) is 6.61 Å². The van der Waals surface area contributed by atoms with E-state index in [0.29, 0.717) is 18.9 Å². The van der Waals surface area contributed by atoms with E-state index in [9.17, 15) is 4.39 Å². The summed E-state index contributed by atoms with van der Waals surface area (Å²) in [7, 11) is 0. The normalized spacial score (nSPS) is 10.8. The molecule has 0 atom stereocenters. The van der Waals surface area contributed by atoms with Crippen LogP contribution in [0.5, 0.6) is 5.75 Å². The highest BCUT2D eigenvalue weighted by Crippen LogP contribution is 2.23. The van der Waals surface area contributed by atoms with Crippen molar-refractivity contribution in [2.24, 2.45) is 0 Å². The molecule has 0 unspecified atom stereocenters. The molecule has 0 spiro atoms. The van der Waals surface area contributed by atoms with Crippen LogP contribution < -0.4 is 10.1 Å². The van der Waals surface area contributed by atoms with E-state index in [2.05, 4.69) is 17.2 Å². The van der Waals surface area contributed by atoms with E-state index in [1.54, 1.807) is 18.6 Å². The predicted molar refractivity (Wildman–Crippen MR) is 80.6 cm³/mol. The molecule has 2 rings (SSSR count). The molecule has 0 aliphatic heterocycles. The maximum Gasteiger partial charge on any atom is 0.165 e. The fraction of sp³-hybridized carbons (Fsp3) is 0.438. The van der Waals surface area contributed by atoms with Gasteiger partial charge >= 0.3 is 0 Å². The van der Waals surface area contributed by atoms with Crippen molar-refractivity contribution >= 4 is 0 Å². The van der Waals surface area contributed by atoms with E-state index in [1.165, 1.54) is 6.07 Å². The summed E-state index contributed by atoms with van der Waals surface area (Å²) in [6.45, 7) is 6.78. The number of rotatable bonds is 8. The molecule has 0 saturated carbocycles.